The molecule has 2 amide bonds. The number of nitrogens with zero attached hydrogens (tertiary/aromatic N) is 4. The normalized spacial score (nSPS) is 21.8. The fourth-order valence-corrected chi connectivity index (χ4v) is 6.97. The lowest BCUT2D eigenvalue weighted by Gasteiger charge is -2.38. The van der Waals surface area contributed by atoms with Gasteiger partial charge in [0, 0.05) is 37.4 Å². The van der Waals surface area contributed by atoms with Gasteiger partial charge in [-0.25, -0.2) is 4.39 Å². The predicted octanol–water partition coefficient (Wildman–Crippen LogP) is 4.45. The molecule has 0 N–H and O–H groups in total. The van der Waals surface area contributed by atoms with Gasteiger partial charge in [0.25, 0.3) is 5.91 Å². The van der Waals surface area contributed by atoms with E-state index in [-0.39, 0.29) is 23.4 Å². The zero-order chi connectivity index (χ0) is 25.6. The molecule has 0 radical (unpaired) electrons. The molecule has 3 heterocycles. The van der Waals surface area contributed by atoms with Crippen LogP contribution in [0, 0.1) is 5.82 Å². The van der Waals surface area contributed by atoms with E-state index in [1.54, 1.807) is 11.0 Å². The maximum Gasteiger partial charge on any atom is 0.269 e. The summed E-state index contributed by atoms with van der Waals surface area (Å²) in [5.74, 6) is -0.0972. The number of carbonyl (C=O) groups excluding carboxylic acids is 2. The second kappa shape index (κ2) is 9.50. The maximum atomic E-state index is 14.3. The molecule has 1 spiro atoms. The molecule has 1 unspecified atom stereocenters. The summed E-state index contributed by atoms with van der Waals surface area (Å²) in [4.78, 5) is 34.2. The van der Waals surface area contributed by atoms with E-state index < -0.39 is 4.87 Å². The number of hydrogen-bond donors (Lipinski definition) is 0. The van der Waals surface area contributed by atoms with Crippen molar-refractivity contribution < 1.29 is 14.0 Å². The molecule has 6 nitrogen and oxygen atoms in total. The zero-order valence-electron chi connectivity index (χ0n) is 20.8. The van der Waals surface area contributed by atoms with Crippen LogP contribution in [0.2, 0.25) is 0 Å². The zero-order valence-corrected chi connectivity index (χ0v) is 21.6. The molecule has 2 fully saturated rings. The number of anilines is 3. The van der Waals surface area contributed by atoms with Crippen LogP contribution in [0.3, 0.4) is 0 Å². The molecule has 3 aliphatic rings. The molecule has 8 heteroatoms. The number of amides is 2. The number of benzene rings is 3. The van der Waals surface area contributed by atoms with Crippen LogP contribution in [0.15, 0.2) is 72.8 Å². The Hall–Kier alpha value is -3.36. The van der Waals surface area contributed by atoms with Crippen LogP contribution in [-0.4, -0.2) is 55.3 Å². The number of aryl methyl sites for hydroxylation is 1. The van der Waals surface area contributed by atoms with Gasteiger partial charge in [-0.15, -0.1) is 11.8 Å². The Morgan fingerprint density at radius 1 is 0.865 bits per heavy atom. The number of fused-ring (bicyclic) bond motifs is 2. The van der Waals surface area contributed by atoms with E-state index in [9.17, 15) is 14.0 Å². The van der Waals surface area contributed by atoms with Crippen molar-refractivity contribution in [3.63, 3.8) is 0 Å². The number of thioether (sulfide) groups is 1. The Morgan fingerprint density at radius 3 is 2.24 bits per heavy atom. The Bertz CT molecular complexity index is 1340. The molecule has 3 aromatic carbocycles. The van der Waals surface area contributed by atoms with E-state index >= 15 is 0 Å². The van der Waals surface area contributed by atoms with Gasteiger partial charge in [-0.1, -0.05) is 49.4 Å². The van der Waals surface area contributed by atoms with Crippen LogP contribution >= 0.6 is 11.8 Å². The summed E-state index contributed by atoms with van der Waals surface area (Å²) >= 11 is 1.41. The summed E-state index contributed by atoms with van der Waals surface area (Å²) in [6, 6.07) is 22.6. The first-order valence-electron chi connectivity index (χ1n) is 12.7. The lowest BCUT2D eigenvalue weighted by Crippen LogP contribution is -2.54. The second-order valence-electron chi connectivity index (χ2n) is 9.63. The Kier molecular flexibility index (Phi) is 6.16. The van der Waals surface area contributed by atoms with Crippen LogP contribution in [0.5, 0.6) is 0 Å². The highest BCUT2D eigenvalue weighted by atomic mass is 32.2. The number of halogens is 1. The number of rotatable bonds is 5. The van der Waals surface area contributed by atoms with E-state index in [0.717, 1.165) is 23.4 Å². The van der Waals surface area contributed by atoms with E-state index in [1.807, 2.05) is 65.6 Å². The van der Waals surface area contributed by atoms with E-state index in [0.29, 0.717) is 38.5 Å². The van der Waals surface area contributed by atoms with Crippen molar-refractivity contribution in [1.82, 2.24) is 4.90 Å². The molecule has 2 saturated heterocycles. The average Bonchev–Trinajstić information content (AvgIpc) is 3.40. The van der Waals surface area contributed by atoms with Crippen molar-refractivity contribution >= 4 is 40.6 Å². The van der Waals surface area contributed by atoms with Gasteiger partial charge < -0.3 is 4.90 Å². The largest absolute Gasteiger partial charge is 0.367 e. The van der Waals surface area contributed by atoms with Crippen LogP contribution in [0.25, 0.3) is 0 Å². The monoisotopic (exact) mass is 516 g/mol. The summed E-state index contributed by atoms with van der Waals surface area (Å²) in [5.41, 5.74) is 4.26. The van der Waals surface area contributed by atoms with Gasteiger partial charge in [-0.2, -0.15) is 0 Å². The van der Waals surface area contributed by atoms with Crippen molar-refractivity contribution in [3.05, 3.63) is 89.7 Å². The van der Waals surface area contributed by atoms with Crippen molar-refractivity contribution in [2.45, 2.75) is 18.2 Å². The number of carbonyl (C=O) groups is 2. The first-order valence-corrected chi connectivity index (χ1v) is 13.7. The molecule has 6 rings (SSSR count). The highest BCUT2D eigenvalue weighted by molar-refractivity contribution is 8.02. The highest BCUT2D eigenvalue weighted by Crippen LogP contribution is 2.55. The maximum absolute atomic E-state index is 14.3. The molecular formula is C29H29FN4O2S. The van der Waals surface area contributed by atoms with Gasteiger partial charge >= 0.3 is 0 Å². The minimum atomic E-state index is -1.10. The lowest BCUT2D eigenvalue weighted by atomic mass is 10.0. The summed E-state index contributed by atoms with van der Waals surface area (Å²) < 4.78 is 14.3. The predicted molar refractivity (Wildman–Crippen MR) is 146 cm³/mol. The fourth-order valence-electron chi connectivity index (χ4n) is 5.61. The first-order chi connectivity index (χ1) is 18.0. The summed E-state index contributed by atoms with van der Waals surface area (Å²) in [7, 11) is 0. The third-order valence-electron chi connectivity index (χ3n) is 7.57. The summed E-state index contributed by atoms with van der Waals surface area (Å²) in [5, 5.41) is 0. The molecule has 1 atom stereocenters. The molecular weight excluding hydrogens is 487 g/mol. The number of hydrogen-bond acceptors (Lipinski definition) is 5. The van der Waals surface area contributed by atoms with Gasteiger partial charge in [0.15, 0.2) is 0 Å². The van der Waals surface area contributed by atoms with Crippen LogP contribution < -0.4 is 14.7 Å². The van der Waals surface area contributed by atoms with Gasteiger partial charge in [0.1, 0.15) is 5.82 Å². The summed E-state index contributed by atoms with van der Waals surface area (Å²) in [6.07, 6.45) is 0.911. The number of piperazine rings is 1. The average molecular weight is 517 g/mol. The molecule has 0 saturated carbocycles. The minimum Gasteiger partial charge on any atom is -0.367 e. The third-order valence-corrected chi connectivity index (χ3v) is 8.96. The molecule has 0 aromatic heterocycles. The topological polar surface area (TPSA) is 47.1 Å². The van der Waals surface area contributed by atoms with Crippen molar-refractivity contribution in [2.24, 2.45) is 0 Å². The van der Waals surface area contributed by atoms with Crippen molar-refractivity contribution in [1.29, 1.82) is 0 Å². The quantitative estimate of drug-likeness (QED) is 0.502. The second-order valence-corrected chi connectivity index (χ2v) is 10.8. The summed E-state index contributed by atoms with van der Waals surface area (Å²) in [6.45, 7) is 5.30. The molecule has 37 heavy (non-hydrogen) atoms. The van der Waals surface area contributed by atoms with Gasteiger partial charge in [-0.3, -0.25) is 24.3 Å². The van der Waals surface area contributed by atoms with Crippen LogP contribution in [0.1, 0.15) is 18.1 Å². The molecule has 3 aliphatic heterocycles. The lowest BCUT2D eigenvalue weighted by molar-refractivity contribution is -0.124. The fraction of sp³-hybridized carbons (Fsp3) is 0.310. The van der Waals surface area contributed by atoms with Gasteiger partial charge in [-0.05, 0) is 42.3 Å². The Labute approximate surface area is 220 Å². The smallest absolute Gasteiger partial charge is 0.269 e. The first kappa shape index (κ1) is 24.0. The Morgan fingerprint density at radius 2 is 1.54 bits per heavy atom. The minimum absolute atomic E-state index is 0.0576. The SMILES string of the molecule is CCc1ccc(N2C(=O)CSC23C(=O)N(CN2CCN(c4ccccc4F)CC2)c2ccccc23)cc1. The highest BCUT2D eigenvalue weighted by Gasteiger charge is 2.61. The van der Waals surface area contributed by atoms with E-state index in [4.69, 9.17) is 0 Å². The van der Waals surface area contributed by atoms with Gasteiger partial charge in [0.05, 0.1) is 23.8 Å². The van der Waals surface area contributed by atoms with Crippen molar-refractivity contribution in [3.8, 4) is 0 Å². The van der Waals surface area contributed by atoms with Crippen LogP contribution in [0.4, 0.5) is 21.5 Å². The van der Waals surface area contributed by atoms with Crippen molar-refractivity contribution in [2.75, 3.05) is 53.3 Å². The third kappa shape index (κ3) is 3.90. The molecule has 190 valence electrons. The Balaban J connectivity index is 1.27. The molecule has 0 aliphatic carbocycles. The van der Waals surface area contributed by atoms with Crippen LogP contribution in [-0.2, 0) is 20.9 Å². The van der Waals surface area contributed by atoms with Gasteiger partial charge in [0.2, 0.25) is 10.8 Å². The van der Waals surface area contributed by atoms with E-state index in [1.165, 1.54) is 23.4 Å². The standard InChI is InChI=1S/C29H29FN4O2S/c1-2-21-11-13-22(14-12-21)34-27(35)19-37-29(34)23-7-3-5-9-25(23)33(28(29)36)20-31-15-17-32(18-16-31)26-10-6-4-8-24(26)30/h3-14H,2,15-20H2,1H3. The molecule has 0 bridgehead atoms. The molecule has 3 aromatic rings. The van der Waals surface area contributed by atoms with E-state index in [2.05, 4.69) is 16.7 Å². The number of para-hydroxylation sites is 2.